The zero-order valence-electron chi connectivity index (χ0n) is 15.6. The molecule has 0 amide bonds. The zero-order valence-corrected chi connectivity index (χ0v) is 17.2. The first-order chi connectivity index (χ1) is 13.6. The van der Waals surface area contributed by atoms with E-state index in [0.717, 1.165) is 16.4 Å². The molecule has 158 valence electrons. The summed E-state index contributed by atoms with van der Waals surface area (Å²) in [6.45, 7) is 0.910. The van der Waals surface area contributed by atoms with Crippen molar-refractivity contribution >= 4 is 20.0 Å². The van der Waals surface area contributed by atoms with E-state index >= 15 is 0 Å². The molecule has 1 fully saturated rings. The summed E-state index contributed by atoms with van der Waals surface area (Å²) in [6.07, 6.45) is 0. The summed E-state index contributed by atoms with van der Waals surface area (Å²) >= 11 is 0. The maximum absolute atomic E-state index is 13.3. The number of hydrogen-bond donors (Lipinski definition) is 0. The predicted molar refractivity (Wildman–Crippen MR) is 101 cm³/mol. The summed E-state index contributed by atoms with van der Waals surface area (Å²) in [5.41, 5.74) is 0.279. The number of rotatable bonds is 6. The maximum Gasteiger partial charge on any atom is 0.243 e. The number of halogens is 2. The van der Waals surface area contributed by atoms with Crippen LogP contribution in [0.1, 0.15) is 5.56 Å². The third-order valence-corrected chi connectivity index (χ3v) is 8.26. The SMILES string of the molecule is CN(Cc1ccc(F)c(F)c1)S(=O)(=O)c1ccc(S(=O)(=O)N2CCOCC2)cc1. The fourth-order valence-corrected chi connectivity index (χ4v) is 5.45. The first kappa shape index (κ1) is 21.8. The Balaban J connectivity index is 1.79. The Bertz CT molecular complexity index is 1080. The van der Waals surface area contributed by atoms with Crippen molar-refractivity contribution in [2.75, 3.05) is 33.4 Å². The van der Waals surface area contributed by atoms with Crippen LogP contribution in [0, 0.1) is 11.6 Å². The molecule has 7 nitrogen and oxygen atoms in total. The van der Waals surface area contributed by atoms with Crippen LogP contribution in [0.4, 0.5) is 8.78 Å². The van der Waals surface area contributed by atoms with Crippen LogP contribution in [0.25, 0.3) is 0 Å². The van der Waals surface area contributed by atoms with Crippen molar-refractivity contribution in [3.05, 3.63) is 59.7 Å². The van der Waals surface area contributed by atoms with Crippen molar-refractivity contribution in [3.8, 4) is 0 Å². The first-order valence-corrected chi connectivity index (χ1v) is 11.6. The van der Waals surface area contributed by atoms with Crippen LogP contribution in [-0.4, -0.2) is 58.8 Å². The standard InChI is InChI=1S/C18H20F2N2O5S2/c1-21(13-14-2-7-17(19)18(20)12-14)28(23,24)15-3-5-16(6-4-15)29(25,26)22-8-10-27-11-9-22/h2-7,12H,8-11,13H2,1H3. The van der Waals surface area contributed by atoms with Gasteiger partial charge in [0.2, 0.25) is 20.0 Å². The van der Waals surface area contributed by atoms with E-state index in [1.807, 2.05) is 0 Å². The molecule has 0 atom stereocenters. The Labute approximate surface area is 168 Å². The minimum Gasteiger partial charge on any atom is -0.379 e. The molecule has 29 heavy (non-hydrogen) atoms. The van der Waals surface area contributed by atoms with Crippen molar-refractivity contribution in [1.82, 2.24) is 8.61 Å². The highest BCUT2D eigenvalue weighted by atomic mass is 32.2. The molecule has 2 aromatic carbocycles. The van der Waals surface area contributed by atoms with Crippen molar-refractivity contribution in [2.45, 2.75) is 16.3 Å². The lowest BCUT2D eigenvalue weighted by molar-refractivity contribution is 0.0730. The number of sulfonamides is 2. The average molecular weight is 446 g/mol. The molecule has 1 aliphatic rings. The summed E-state index contributed by atoms with van der Waals surface area (Å²) in [5.74, 6) is -2.08. The highest BCUT2D eigenvalue weighted by Crippen LogP contribution is 2.22. The van der Waals surface area contributed by atoms with Gasteiger partial charge in [0.1, 0.15) is 0 Å². The molecule has 3 rings (SSSR count). The molecule has 1 saturated heterocycles. The van der Waals surface area contributed by atoms with Gasteiger partial charge in [0.15, 0.2) is 11.6 Å². The molecule has 1 aliphatic heterocycles. The van der Waals surface area contributed by atoms with Crippen molar-refractivity contribution < 1.29 is 30.4 Å². The zero-order chi connectivity index (χ0) is 21.2. The van der Waals surface area contributed by atoms with Crippen LogP contribution < -0.4 is 0 Å². The fourth-order valence-electron chi connectivity index (χ4n) is 2.88. The second-order valence-electron chi connectivity index (χ2n) is 6.50. The van der Waals surface area contributed by atoms with Gasteiger partial charge in [0.25, 0.3) is 0 Å². The van der Waals surface area contributed by atoms with Gasteiger partial charge >= 0.3 is 0 Å². The van der Waals surface area contributed by atoms with Gasteiger partial charge in [-0.15, -0.1) is 0 Å². The van der Waals surface area contributed by atoms with E-state index in [2.05, 4.69) is 0 Å². The summed E-state index contributed by atoms with van der Waals surface area (Å²) in [7, 11) is -6.39. The Hall–Kier alpha value is -1.92. The maximum atomic E-state index is 13.3. The third kappa shape index (κ3) is 4.64. The molecule has 0 saturated carbocycles. The van der Waals surface area contributed by atoms with E-state index in [9.17, 15) is 25.6 Å². The molecule has 0 radical (unpaired) electrons. The summed E-state index contributed by atoms with van der Waals surface area (Å²) in [6, 6.07) is 8.05. The van der Waals surface area contributed by atoms with E-state index in [1.54, 1.807) is 0 Å². The van der Waals surface area contributed by atoms with Crippen molar-refractivity contribution in [2.24, 2.45) is 0 Å². The Kier molecular flexibility index (Phi) is 6.34. The van der Waals surface area contributed by atoms with Crippen molar-refractivity contribution in [3.63, 3.8) is 0 Å². The van der Waals surface area contributed by atoms with Gasteiger partial charge in [0.05, 0.1) is 23.0 Å². The number of hydrogen-bond acceptors (Lipinski definition) is 5. The molecule has 0 bridgehead atoms. The number of ether oxygens (including phenoxy) is 1. The number of benzene rings is 2. The van der Waals surface area contributed by atoms with Crippen LogP contribution in [0.15, 0.2) is 52.3 Å². The van der Waals surface area contributed by atoms with E-state index in [4.69, 9.17) is 4.74 Å². The summed E-state index contributed by atoms with van der Waals surface area (Å²) in [5, 5.41) is 0. The van der Waals surface area contributed by atoms with Crippen LogP contribution in [0.2, 0.25) is 0 Å². The van der Waals surface area contributed by atoms with Gasteiger partial charge in [-0.2, -0.15) is 8.61 Å². The van der Waals surface area contributed by atoms with Gasteiger partial charge < -0.3 is 4.74 Å². The van der Waals surface area contributed by atoms with Gasteiger partial charge in [0, 0.05) is 26.7 Å². The van der Waals surface area contributed by atoms with Crippen molar-refractivity contribution in [1.29, 1.82) is 0 Å². The third-order valence-electron chi connectivity index (χ3n) is 4.53. The summed E-state index contributed by atoms with van der Waals surface area (Å²) < 4.78 is 84.5. The van der Waals surface area contributed by atoms with Crippen LogP contribution in [-0.2, 0) is 31.3 Å². The number of morpholine rings is 1. The Morgan fingerprint density at radius 3 is 2.10 bits per heavy atom. The molecule has 0 aromatic heterocycles. The predicted octanol–water partition coefficient (Wildman–Crippen LogP) is 1.81. The minimum absolute atomic E-state index is 0.0124. The second-order valence-corrected chi connectivity index (χ2v) is 10.5. The lowest BCUT2D eigenvalue weighted by atomic mass is 10.2. The molecule has 0 spiro atoms. The highest BCUT2D eigenvalue weighted by Gasteiger charge is 2.27. The molecule has 11 heteroatoms. The van der Waals surface area contributed by atoms with Crippen LogP contribution >= 0.6 is 0 Å². The Morgan fingerprint density at radius 2 is 1.52 bits per heavy atom. The van der Waals surface area contributed by atoms with Gasteiger partial charge in [-0.25, -0.2) is 25.6 Å². The first-order valence-electron chi connectivity index (χ1n) is 8.70. The van der Waals surface area contributed by atoms with E-state index < -0.39 is 31.7 Å². The quantitative estimate of drug-likeness (QED) is 0.676. The van der Waals surface area contributed by atoms with E-state index in [0.29, 0.717) is 13.2 Å². The second kappa shape index (κ2) is 8.44. The molecule has 0 N–H and O–H groups in total. The fraction of sp³-hybridized carbons (Fsp3) is 0.333. The van der Waals surface area contributed by atoms with E-state index in [-0.39, 0.29) is 35.0 Å². The molecule has 2 aromatic rings. The largest absolute Gasteiger partial charge is 0.379 e. The molecule has 0 aliphatic carbocycles. The Morgan fingerprint density at radius 1 is 0.931 bits per heavy atom. The lowest BCUT2D eigenvalue weighted by Gasteiger charge is -2.26. The van der Waals surface area contributed by atoms with E-state index in [1.165, 1.54) is 41.7 Å². The molecular weight excluding hydrogens is 426 g/mol. The normalized spacial score (nSPS) is 16.3. The topological polar surface area (TPSA) is 84.0 Å². The smallest absolute Gasteiger partial charge is 0.243 e. The van der Waals surface area contributed by atoms with Crippen LogP contribution in [0.5, 0.6) is 0 Å². The van der Waals surface area contributed by atoms with Gasteiger partial charge in [-0.05, 0) is 42.0 Å². The van der Waals surface area contributed by atoms with Gasteiger partial charge in [-0.1, -0.05) is 6.07 Å². The average Bonchev–Trinajstić information content (AvgIpc) is 2.71. The van der Waals surface area contributed by atoms with Gasteiger partial charge in [-0.3, -0.25) is 0 Å². The molecule has 1 heterocycles. The monoisotopic (exact) mass is 446 g/mol. The number of nitrogens with zero attached hydrogens (tertiary/aromatic N) is 2. The summed E-state index contributed by atoms with van der Waals surface area (Å²) in [4.78, 5) is -0.120. The lowest BCUT2D eigenvalue weighted by Crippen LogP contribution is -2.40. The van der Waals surface area contributed by atoms with Crippen LogP contribution in [0.3, 0.4) is 0 Å². The molecular formula is C18H20F2N2O5S2. The molecule has 0 unspecified atom stereocenters. The highest BCUT2D eigenvalue weighted by molar-refractivity contribution is 7.89. The minimum atomic E-state index is -3.96.